The third kappa shape index (κ3) is 5.48. The highest BCUT2D eigenvalue weighted by atomic mass is 16.7. The molecule has 0 bridgehead atoms. The molecule has 0 amide bonds. The van der Waals surface area contributed by atoms with Crippen LogP contribution in [0.4, 0.5) is 0 Å². The van der Waals surface area contributed by atoms with Crippen LogP contribution in [-0.2, 0) is 15.9 Å². The van der Waals surface area contributed by atoms with E-state index in [9.17, 15) is 0 Å². The molecule has 0 saturated carbocycles. The van der Waals surface area contributed by atoms with Crippen molar-refractivity contribution in [2.45, 2.75) is 57.8 Å². The lowest BCUT2D eigenvalue weighted by Crippen LogP contribution is -2.31. The predicted molar refractivity (Wildman–Crippen MR) is 82.7 cm³/mol. The second-order valence-corrected chi connectivity index (χ2v) is 5.15. The molecule has 0 aliphatic carbocycles. The van der Waals surface area contributed by atoms with Crippen molar-refractivity contribution < 1.29 is 19.1 Å². The summed E-state index contributed by atoms with van der Waals surface area (Å²) in [6.45, 7) is 3.77. The highest BCUT2D eigenvalue weighted by Crippen LogP contribution is 2.23. The highest BCUT2D eigenvalue weighted by molar-refractivity contribution is 5.15. The first-order valence-corrected chi connectivity index (χ1v) is 7.05. The Bertz CT molecular complexity index is 676. The van der Waals surface area contributed by atoms with Gasteiger partial charge in [-0.3, -0.25) is 0 Å². The molecular formula is C18H26O2. The van der Waals surface area contributed by atoms with Crippen molar-refractivity contribution in [3.8, 4) is 0 Å². The average molecular weight is 281 g/mol. The lowest BCUT2D eigenvalue weighted by molar-refractivity contribution is -0.193. The predicted octanol–water partition coefficient (Wildman–Crippen LogP) is 4.50. The van der Waals surface area contributed by atoms with E-state index in [0.29, 0.717) is 19.3 Å². The molecule has 0 radical (unpaired) electrons. The monoisotopic (exact) mass is 281 g/mol. The molecule has 1 aliphatic heterocycles. The summed E-state index contributed by atoms with van der Waals surface area (Å²) in [4.78, 5) is 0. The van der Waals surface area contributed by atoms with Crippen LogP contribution in [0.15, 0.2) is 42.4 Å². The molecule has 1 saturated heterocycles. The van der Waals surface area contributed by atoms with Gasteiger partial charge in [0.15, 0.2) is 6.29 Å². The van der Waals surface area contributed by atoms with Crippen LogP contribution < -0.4 is 0 Å². The quantitative estimate of drug-likeness (QED) is 0.685. The third-order valence-electron chi connectivity index (χ3n) is 3.16. The number of benzene rings is 1. The summed E-state index contributed by atoms with van der Waals surface area (Å²) in [5, 5.41) is 0. The van der Waals surface area contributed by atoms with Crippen LogP contribution in [0.25, 0.3) is 0 Å². The molecule has 0 unspecified atom stereocenters. The molecule has 2 rings (SSSR count). The van der Waals surface area contributed by atoms with Crippen molar-refractivity contribution in [1.29, 1.82) is 0 Å². The van der Waals surface area contributed by atoms with Gasteiger partial charge in [-0.2, -0.15) is 0 Å². The Morgan fingerprint density at radius 2 is 2.25 bits per heavy atom. The van der Waals surface area contributed by atoms with E-state index in [2.05, 4.69) is 6.58 Å². The lowest BCUT2D eigenvalue weighted by atomic mass is 10.0. The van der Waals surface area contributed by atoms with Crippen LogP contribution in [0.3, 0.4) is 0 Å². The molecule has 1 aromatic rings. The van der Waals surface area contributed by atoms with Crippen LogP contribution in [0, 0.1) is 0 Å². The van der Waals surface area contributed by atoms with Gasteiger partial charge >= 0.3 is 0 Å². The average Bonchev–Trinajstić information content (AvgIpc) is 2.60. The molecule has 2 heteroatoms. The summed E-state index contributed by atoms with van der Waals surface area (Å²) in [6.07, 6.45) is 1.76. The van der Waals surface area contributed by atoms with Gasteiger partial charge in [0.2, 0.25) is 0 Å². The maximum atomic E-state index is 8.02. The first kappa shape index (κ1) is 8.35. The van der Waals surface area contributed by atoms with Gasteiger partial charge in [-0.05, 0) is 51.0 Å². The molecule has 0 spiro atoms. The SMILES string of the molecule is [2H]c1c([2H])c([2H])c(C[C@@H]2CCC[C@H](OC([2H])([2H])CCC(=C)C)O2)c([2H])c1[2H]. The zero-order valence-corrected chi connectivity index (χ0v) is 11.9. The Balaban J connectivity index is 2.06. The second-order valence-electron chi connectivity index (χ2n) is 5.15. The first-order chi connectivity index (χ1) is 12.5. The zero-order chi connectivity index (χ0) is 20.4. The molecular weight excluding hydrogens is 248 g/mol. The number of ether oxygens (including phenoxy) is 2. The fraction of sp³-hybridized carbons (Fsp3) is 0.556. The van der Waals surface area contributed by atoms with Crippen LogP contribution in [0.1, 0.15) is 54.2 Å². The van der Waals surface area contributed by atoms with Crippen molar-refractivity contribution in [3.63, 3.8) is 0 Å². The van der Waals surface area contributed by atoms with E-state index >= 15 is 0 Å². The van der Waals surface area contributed by atoms with Gasteiger partial charge in [-0.25, -0.2) is 0 Å². The standard InChI is InChI=1S/C18H26O2/c1-15(2)8-7-13-19-18-12-6-11-17(20-18)14-16-9-4-3-5-10-16/h3-5,9-10,17-18H,1,6-8,11-14H2,2H3/t17-,18+/m0/s1/i3D,4D,5D,9D,10D,13D2. The second kappa shape index (κ2) is 8.23. The number of allylic oxidation sites excluding steroid dienone is 1. The lowest BCUT2D eigenvalue weighted by Gasteiger charge is -2.30. The minimum absolute atomic E-state index is 0.171. The minimum Gasteiger partial charge on any atom is -0.353 e. The van der Waals surface area contributed by atoms with Crippen LogP contribution in [0.2, 0.25) is 0 Å². The normalized spacial score (nSPS) is 28.4. The van der Waals surface area contributed by atoms with Gasteiger partial charge < -0.3 is 9.47 Å². The van der Waals surface area contributed by atoms with Gasteiger partial charge in [0.05, 0.1) is 22.3 Å². The summed E-state index contributed by atoms with van der Waals surface area (Å²) >= 11 is 0. The van der Waals surface area contributed by atoms with E-state index in [-0.39, 0.29) is 48.7 Å². The van der Waals surface area contributed by atoms with Crippen LogP contribution in [0.5, 0.6) is 0 Å². The fourth-order valence-electron chi connectivity index (χ4n) is 2.12. The maximum Gasteiger partial charge on any atom is 0.157 e. The maximum absolute atomic E-state index is 8.02. The van der Waals surface area contributed by atoms with Crippen LogP contribution in [-0.4, -0.2) is 19.0 Å². The zero-order valence-electron chi connectivity index (χ0n) is 18.9. The molecule has 110 valence electrons. The Morgan fingerprint density at radius 3 is 3.00 bits per heavy atom. The summed E-state index contributed by atoms with van der Waals surface area (Å²) in [7, 11) is 0. The van der Waals surface area contributed by atoms with Crippen molar-refractivity contribution >= 4 is 0 Å². The fourth-order valence-corrected chi connectivity index (χ4v) is 2.12. The molecule has 1 heterocycles. The van der Waals surface area contributed by atoms with E-state index in [1.165, 1.54) is 0 Å². The first-order valence-electron chi connectivity index (χ1n) is 10.6. The van der Waals surface area contributed by atoms with Gasteiger partial charge in [-0.1, -0.05) is 35.8 Å². The topological polar surface area (TPSA) is 18.5 Å². The molecule has 0 N–H and O–H groups in total. The minimum atomic E-state index is -1.83. The summed E-state index contributed by atoms with van der Waals surface area (Å²) in [5.41, 5.74) is 1.10. The number of rotatable bonds is 7. The molecule has 1 aromatic carbocycles. The highest BCUT2D eigenvalue weighted by Gasteiger charge is 2.22. The van der Waals surface area contributed by atoms with Crippen LogP contribution >= 0.6 is 0 Å². The molecule has 20 heavy (non-hydrogen) atoms. The van der Waals surface area contributed by atoms with Gasteiger partial charge in [0.1, 0.15) is 0 Å². The number of hydrogen-bond donors (Lipinski definition) is 0. The third-order valence-corrected chi connectivity index (χ3v) is 3.16. The Labute approximate surface area is 132 Å². The summed E-state index contributed by atoms with van der Waals surface area (Å²) in [5.74, 6) is 0. The molecule has 1 aliphatic rings. The van der Waals surface area contributed by atoms with Crippen molar-refractivity contribution in [1.82, 2.24) is 0 Å². The largest absolute Gasteiger partial charge is 0.353 e. The molecule has 0 aromatic heterocycles. The van der Waals surface area contributed by atoms with E-state index in [0.717, 1.165) is 12.0 Å². The van der Waals surface area contributed by atoms with Crippen molar-refractivity contribution in [3.05, 3.63) is 47.9 Å². The smallest absolute Gasteiger partial charge is 0.157 e. The molecule has 1 fully saturated rings. The number of hydrogen-bond acceptors (Lipinski definition) is 2. The van der Waals surface area contributed by atoms with Gasteiger partial charge in [-0.15, -0.1) is 6.58 Å². The van der Waals surface area contributed by atoms with Crippen molar-refractivity contribution in [2.24, 2.45) is 0 Å². The van der Waals surface area contributed by atoms with E-state index < -0.39 is 18.9 Å². The Morgan fingerprint density at radius 1 is 1.45 bits per heavy atom. The molecule has 2 nitrogen and oxygen atoms in total. The van der Waals surface area contributed by atoms with Crippen molar-refractivity contribution in [2.75, 3.05) is 6.56 Å². The van der Waals surface area contributed by atoms with Gasteiger partial charge in [0.25, 0.3) is 0 Å². The van der Waals surface area contributed by atoms with E-state index in [1.807, 2.05) is 6.92 Å². The van der Waals surface area contributed by atoms with E-state index in [4.69, 9.17) is 19.1 Å². The Hall–Kier alpha value is -1.12. The summed E-state index contributed by atoms with van der Waals surface area (Å²) < 4.78 is 66.5. The van der Waals surface area contributed by atoms with E-state index in [1.54, 1.807) is 0 Å². The Kier molecular flexibility index (Phi) is 3.44. The van der Waals surface area contributed by atoms with Gasteiger partial charge in [0, 0.05) is 0 Å². The molecule has 2 atom stereocenters. The summed E-state index contributed by atoms with van der Waals surface area (Å²) in [6, 6.07) is -1.56.